The van der Waals surface area contributed by atoms with Crippen molar-refractivity contribution in [3.05, 3.63) is 0 Å². The predicted octanol–water partition coefficient (Wildman–Crippen LogP) is 0.322. The smallest absolute Gasteiger partial charge is 0.305 e. The molecule has 0 spiro atoms. The number of ether oxygens (including phenoxy) is 1. The van der Waals surface area contributed by atoms with E-state index in [4.69, 9.17) is 0 Å². The highest BCUT2D eigenvalue weighted by atomic mass is 16.5. The highest BCUT2D eigenvalue weighted by molar-refractivity contribution is 5.80. The molecule has 0 bridgehead atoms. The molecular formula is C9H15NO3. The molecule has 0 aromatic rings. The first kappa shape index (κ1) is 10.0. The molecule has 1 amide bonds. The average molecular weight is 185 g/mol. The topological polar surface area (TPSA) is 55.4 Å². The molecule has 13 heavy (non-hydrogen) atoms. The Morgan fingerprint density at radius 1 is 1.69 bits per heavy atom. The minimum absolute atomic E-state index is 0.0321. The third-order valence-corrected chi connectivity index (χ3v) is 2.61. The summed E-state index contributed by atoms with van der Waals surface area (Å²) in [5.41, 5.74) is 0. The SMILES string of the molecule is COC(=O)CCC1CNC(=O)C1C. The minimum Gasteiger partial charge on any atom is -0.469 e. The number of carbonyl (C=O) groups excluding carboxylic acids is 2. The lowest BCUT2D eigenvalue weighted by molar-refractivity contribution is -0.141. The molecule has 1 fully saturated rings. The fourth-order valence-electron chi connectivity index (χ4n) is 1.54. The van der Waals surface area contributed by atoms with E-state index in [9.17, 15) is 9.59 Å². The summed E-state index contributed by atoms with van der Waals surface area (Å²) in [4.78, 5) is 21.9. The number of esters is 1. The molecule has 1 saturated heterocycles. The van der Waals surface area contributed by atoms with Crippen LogP contribution < -0.4 is 5.32 Å². The molecule has 0 aromatic carbocycles. The van der Waals surface area contributed by atoms with Crippen LogP contribution in [0.2, 0.25) is 0 Å². The summed E-state index contributed by atoms with van der Waals surface area (Å²) >= 11 is 0. The highest BCUT2D eigenvalue weighted by Gasteiger charge is 2.30. The van der Waals surface area contributed by atoms with Gasteiger partial charge >= 0.3 is 5.97 Å². The van der Waals surface area contributed by atoms with Gasteiger partial charge in [-0.1, -0.05) is 6.92 Å². The molecule has 0 saturated carbocycles. The van der Waals surface area contributed by atoms with Crippen molar-refractivity contribution in [2.75, 3.05) is 13.7 Å². The molecule has 0 aliphatic carbocycles. The summed E-state index contributed by atoms with van der Waals surface area (Å²) in [5.74, 6) is 0.206. The second-order valence-corrected chi connectivity index (χ2v) is 3.41. The van der Waals surface area contributed by atoms with Gasteiger partial charge in [-0.2, -0.15) is 0 Å². The van der Waals surface area contributed by atoms with E-state index in [1.54, 1.807) is 0 Å². The van der Waals surface area contributed by atoms with Crippen molar-refractivity contribution in [2.45, 2.75) is 19.8 Å². The summed E-state index contributed by atoms with van der Waals surface area (Å²) in [6.45, 7) is 2.58. The van der Waals surface area contributed by atoms with Crippen LogP contribution in [0.1, 0.15) is 19.8 Å². The monoisotopic (exact) mass is 185 g/mol. The largest absolute Gasteiger partial charge is 0.469 e. The Labute approximate surface area is 77.6 Å². The molecule has 0 aromatic heterocycles. The average Bonchev–Trinajstić information content (AvgIpc) is 2.44. The Hall–Kier alpha value is -1.06. The van der Waals surface area contributed by atoms with E-state index < -0.39 is 0 Å². The number of rotatable bonds is 3. The van der Waals surface area contributed by atoms with E-state index in [1.807, 2.05) is 6.92 Å². The van der Waals surface area contributed by atoms with Gasteiger partial charge in [0, 0.05) is 18.9 Å². The quantitative estimate of drug-likeness (QED) is 0.644. The molecule has 2 atom stereocenters. The second-order valence-electron chi connectivity index (χ2n) is 3.41. The van der Waals surface area contributed by atoms with Crippen LogP contribution in [0.3, 0.4) is 0 Å². The van der Waals surface area contributed by atoms with Gasteiger partial charge in [-0.25, -0.2) is 0 Å². The Balaban J connectivity index is 2.30. The summed E-state index contributed by atoms with van der Waals surface area (Å²) in [5, 5.41) is 2.77. The lowest BCUT2D eigenvalue weighted by atomic mass is 9.93. The number of methoxy groups -OCH3 is 1. The van der Waals surface area contributed by atoms with Gasteiger partial charge in [0.1, 0.15) is 0 Å². The Bertz CT molecular complexity index is 215. The molecule has 0 radical (unpaired) electrons. The molecule has 1 N–H and O–H groups in total. The minimum atomic E-state index is -0.202. The Morgan fingerprint density at radius 3 is 2.85 bits per heavy atom. The van der Waals surface area contributed by atoms with Crippen LogP contribution in [0.5, 0.6) is 0 Å². The van der Waals surface area contributed by atoms with Crippen LogP contribution in [0.4, 0.5) is 0 Å². The first-order valence-electron chi connectivity index (χ1n) is 4.49. The van der Waals surface area contributed by atoms with Crippen LogP contribution in [0, 0.1) is 11.8 Å². The van der Waals surface area contributed by atoms with E-state index in [1.165, 1.54) is 7.11 Å². The van der Waals surface area contributed by atoms with Gasteiger partial charge in [0.05, 0.1) is 7.11 Å². The van der Waals surface area contributed by atoms with E-state index in [0.29, 0.717) is 13.0 Å². The fourth-order valence-corrected chi connectivity index (χ4v) is 1.54. The molecular weight excluding hydrogens is 170 g/mol. The van der Waals surface area contributed by atoms with Crippen molar-refractivity contribution in [2.24, 2.45) is 11.8 Å². The van der Waals surface area contributed by atoms with Gasteiger partial charge in [-0.05, 0) is 12.3 Å². The third-order valence-electron chi connectivity index (χ3n) is 2.61. The zero-order valence-corrected chi connectivity index (χ0v) is 8.00. The number of amides is 1. The van der Waals surface area contributed by atoms with Crippen LogP contribution in [0.25, 0.3) is 0 Å². The van der Waals surface area contributed by atoms with E-state index in [0.717, 1.165) is 6.42 Å². The zero-order valence-electron chi connectivity index (χ0n) is 8.00. The normalized spacial score (nSPS) is 27.1. The summed E-state index contributed by atoms with van der Waals surface area (Å²) < 4.78 is 4.53. The third kappa shape index (κ3) is 2.44. The number of hydrogen-bond donors (Lipinski definition) is 1. The first-order valence-corrected chi connectivity index (χ1v) is 4.49. The number of nitrogens with one attached hydrogen (secondary N) is 1. The Morgan fingerprint density at radius 2 is 2.38 bits per heavy atom. The summed E-state index contributed by atoms with van der Waals surface area (Å²) in [6, 6.07) is 0. The molecule has 2 unspecified atom stereocenters. The van der Waals surface area contributed by atoms with Crippen molar-refractivity contribution < 1.29 is 14.3 Å². The molecule has 4 nitrogen and oxygen atoms in total. The maximum atomic E-state index is 11.1. The second kappa shape index (κ2) is 4.25. The highest BCUT2D eigenvalue weighted by Crippen LogP contribution is 2.21. The molecule has 1 aliphatic heterocycles. The van der Waals surface area contributed by atoms with Crippen LogP contribution in [0.15, 0.2) is 0 Å². The van der Waals surface area contributed by atoms with Crippen LogP contribution >= 0.6 is 0 Å². The molecule has 1 aliphatic rings. The number of carbonyl (C=O) groups is 2. The summed E-state index contributed by atoms with van der Waals surface area (Å²) in [7, 11) is 1.38. The van der Waals surface area contributed by atoms with E-state index >= 15 is 0 Å². The standard InChI is InChI=1S/C9H15NO3/c1-6-7(5-10-9(6)12)3-4-8(11)13-2/h6-7H,3-5H2,1-2H3,(H,10,12). The van der Waals surface area contributed by atoms with Gasteiger partial charge in [0.2, 0.25) is 5.91 Å². The molecule has 1 heterocycles. The lowest BCUT2D eigenvalue weighted by Crippen LogP contribution is -2.17. The molecule has 1 rings (SSSR count). The first-order chi connectivity index (χ1) is 6.15. The molecule has 74 valence electrons. The van der Waals surface area contributed by atoms with Gasteiger partial charge in [0.25, 0.3) is 0 Å². The summed E-state index contributed by atoms with van der Waals surface area (Å²) in [6.07, 6.45) is 1.13. The van der Waals surface area contributed by atoms with Gasteiger partial charge in [0.15, 0.2) is 0 Å². The maximum absolute atomic E-state index is 11.1. The predicted molar refractivity (Wildman–Crippen MR) is 46.9 cm³/mol. The van der Waals surface area contributed by atoms with E-state index in [-0.39, 0.29) is 23.7 Å². The number of hydrogen-bond acceptors (Lipinski definition) is 3. The lowest BCUT2D eigenvalue weighted by Gasteiger charge is -2.10. The maximum Gasteiger partial charge on any atom is 0.305 e. The zero-order chi connectivity index (χ0) is 9.84. The van der Waals surface area contributed by atoms with E-state index in [2.05, 4.69) is 10.1 Å². The fraction of sp³-hybridized carbons (Fsp3) is 0.778. The van der Waals surface area contributed by atoms with Crippen molar-refractivity contribution in [3.8, 4) is 0 Å². The van der Waals surface area contributed by atoms with Crippen molar-refractivity contribution >= 4 is 11.9 Å². The van der Waals surface area contributed by atoms with Crippen molar-refractivity contribution in [1.29, 1.82) is 0 Å². The van der Waals surface area contributed by atoms with Crippen LogP contribution in [-0.4, -0.2) is 25.5 Å². The Kier molecular flexibility index (Phi) is 3.28. The van der Waals surface area contributed by atoms with Gasteiger partial charge < -0.3 is 10.1 Å². The van der Waals surface area contributed by atoms with Crippen molar-refractivity contribution in [3.63, 3.8) is 0 Å². The van der Waals surface area contributed by atoms with Gasteiger partial charge in [-0.15, -0.1) is 0 Å². The van der Waals surface area contributed by atoms with Crippen molar-refractivity contribution in [1.82, 2.24) is 5.32 Å². The van der Waals surface area contributed by atoms with Gasteiger partial charge in [-0.3, -0.25) is 9.59 Å². The van der Waals surface area contributed by atoms with Crippen LogP contribution in [-0.2, 0) is 14.3 Å². The molecule has 4 heteroatoms.